The van der Waals surface area contributed by atoms with E-state index in [0.29, 0.717) is 6.61 Å². The number of nitrogen functional groups attached to an aromatic ring is 1. The molecule has 1 heterocycles. The topological polar surface area (TPSA) is 107 Å². The lowest BCUT2D eigenvalue weighted by atomic mass is 9.93. The van der Waals surface area contributed by atoms with Crippen LogP contribution in [0.25, 0.3) is 0 Å². The standard InChI is InChI=1S/C12H20N4O2/c13-9-10(17)15-8-16-11(9)18-7-12(14)5-3-1-2-4-6-12/h8H,1-7,13-14H2,(H,15,16,17). The summed E-state index contributed by atoms with van der Waals surface area (Å²) in [5, 5.41) is 0. The van der Waals surface area contributed by atoms with E-state index in [1.807, 2.05) is 0 Å². The van der Waals surface area contributed by atoms with Crippen molar-refractivity contribution in [1.82, 2.24) is 9.97 Å². The second-order valence-corrected chi connectivity index (χ2v) is 5.02. The molecule has 1 aliphatic rings. The third-order valence-corrected chi connectivity index (χ3v) is 3.45. The normalized spacial score (nSPS) is 19.2. The molecule has 100 valence electrons. The number of aromatic nitrogens is 2. The highest BCUT2D eigenvalue weighted by Crippen LogP contribution is 2.26. The summed E-state index contributed by atoms with van der Waals surface area (Å²) >= 11 is 0. The molecule has 1 saturated carbocycles. The number of H-pyrrole nitrogens is 1. The first-order chi connectivity index (χ1) is 8.61. The van der Waals surface area contributed by atoms with Crippen LogP contribution in [0.1, 0.15) is 38.5 Å². The quantitative estimate of drug-likeness (QED) is 0.689. The van der Waals surface area contributed by atoms with E-state index >= 15 is 0 Å². The molecule has 0 atom stereocenters. The number of hydrogen-bond acceptors (Lipinski definition) is 5. The van der Waals surface area contributed by atoms with E-state index in [2.05, 4.69) is 9.97 Å². The van der Waals surface area contributed by atoms with E-state index in [9.17, 15) is 4.79 Å². The van der Waals surface area contributed by atoms with Gasteiger partial charge in [0.2, 0.25) is 5.88 Å². The van der Waals surface area contributed by atoms with Gasteiger partial charge in [-0.2, -0.15) is 0 Å². The minimum Gasteiger partial charge on any atom is -0.474 e. The van der Waals surface area contributed by atoms with Crippen LogP contribution in [-0.4, -0.2) is 22.1 Å². The van der Waals surface area contributed by atoms with Crippen molar-refractivity contribution in [3.63, 3.8) is 0 Å². The maximum Gasteiger partial charge on any atom is 0.277 e. The first kappa shape index (κ1) is 12.9. The fraction of sp³-hybridized carbons (Fsp3) is 0.667. The van der Waals surface area contributed by atoms with E-state index in [1.165, 1.54) is 19.2 Å². The molecule has 1 aromatic heterocycles. The van der Waals surface area contributed by atoms with Crippen molar-refractivity contribution < 1.29 is 4.74 Å². The van der Waals surface area contributed by atoms with Gasteiger partial charge < -0.3 is 21.2 Å². The van der Waals surface area contributed by atoms with Crippen molar-refractivity contribution in [2.45, 2.75) is 44.1 Å². The van der Waals surface area contributed by atoms with Gasteiger partial charge in [0.25, 0.3) is 5.56 Å². The predicted octanol–water partition coefficient (Wildman–Crippen LogP) is 0.783. The van der Waals surface area contributed by atoms with E-state index in [0.717, 1.165) is 25.7 Å². The first-order valence-electron chi connectivity index (χ1n) is 6.36. The average molecular weight is 252 g/mol. The van der Waals surface area contributed by atoms with E-state index in [4.69, 9.17) is 16.2 Å². The van der Waals surface area contributed by atoms with Crippen molar-refractivity contribution in [3.8, 4) is 5.88 Å². The Labute approximate surface area is 106 Å². The number of anilines is 1. The molecule has 0 aromatic carbocycles. The number of ether oxygens (including phenoxy) is 1. The summed E-state index contributed by atoms with van der Waals surface area (Å²) in [6.45, 7) is 0.355. The number of aromatic amines is 1. The molecule has 18 heavy (non-hydrogen) atoms. The summed E-state index contributed by atoms with van der Waals surface area (Å²) in [7, 11) is 0. The van der Waals surface area contributed by atoms with Gasteiger partial charge in [-0.3, -0.25) is 4.79 Å². The Hall–Kier alpha value is -1.56. The van der Waals surface area contributed by atoms with Crippen LogP contribution in [0.4, 0.5) is 5.69 Å². The van der Waals surface area contributed by atoms with Gasteiger partial charge in [0, 0.05) is 0 Å². The molecule has 0 saturated heterocycles. The van der Waals surface area contributed by atoms with Crippen LogP contribution in [-0.2, 0) is 0 Å². The van der Waals surface area contributed by atoms with Gasteiger partial charge in [-0.05, 0) is 12.8 Å². The summed E-state index contributed by atoms with van der Waals surface area (Å²) in [6.07, 6.45) is 7.86. The lowest BCUT2D eigenvalue weighted by Gasteiger charge is -2.27. The Kier molecular flexibility index (Phi) is 3.86. The maximum absolute atomic E-state index is 11.3. The monoisotopic (exact) mass is 252 g/mol. The van der Waals surface area contributed by atoms with Gasteiger partial charge in [0.05, 0.1) is 11.9 Å². The molecular weight excluding hydrogens is 232 g/mol. The van der Waals surface area contributed by atoms with Gasteiger partial charge in [-0.25, -0.2) is 4.98 Å². The first-order valence-corrected chi connectivity index (χ1v) is 6.36. The predicted molar refractivity (Wildman–Crippen MR) is 69.4 cm³/mol. The molecule has 0 spiro atoms. The van der Waals surface area contributed by atoms with Gasteiger partial charge in [0.15, 0.2) is 5.69 Å². The lowest BCUT2D eigenvalue weighted by molar-refractivity contribution is 0.194. The molecule has 1 aliphatic carbocycles. The molecule has 2 rings (SSSR count). The third-order valence-electron chi connectivity index (χ3n) is 3.45. The number of nitrogens with two attached hydrogens (primary N) is 2. The Morgan fingerprint density at radius 3 is 2.67 bits per heavy atom. The van der Waals surface area contributed by atoms with Gasteiger partial charge in [0.1, 0.15) is 6.61 Å². The van der Waals surface area contributed by atoms with Crippen LogP contribution >= 0.6 is 0 Å². The Bertz CT molecular complexity index is 450. The molecule has 0 aliphatic heterocycles. The van der Waals surface area contributed by atoms with Gasteiger partial charge in [-0.15, -0.1) is 0 Å². The highest BCUT2D eigenvalue weighted by Gasteiger charge is 2.27. The zero-order chi connectivity index (χ0) is 13.0. The fourth-order valence-corrected chi connectivity index (χ4v) is 2.30. The van der Waals surface area contributed by atoms with Gasteiger partial charge in [-0.1, -0.05) is 25.7 Å². The van der Waals surface area contributed by atoms with Crippen LogP contribution in [0.5, 0.6) is 5.88 Å². The zero-order valence-electron chi connectivity index (χ0n) is 10.4. The van der Waals surface area contributed by atoms with E-state index in [1.54, 1.807) is 0 Å². The summed E-state index contributed by atoms with van der Waals surface area (Å²) in [4.78, 5) is 17.6. The van der Waals surface area contributed by atoms with Crippen LogP contribution in [0.3, 0.4) is 0 Å². The highest BCUT2D eigenvalue weighted by molar-refractivity contribution is 5.44. The largest absolute Gasteiger partial charge is 0.474 e. The third kappa shape index (κ3) is 3.01. The summed E-state index contributed by atoms with van der Waals surface area (Å²) in [6, 6.07) is 0. The van der Waals surface area contributed by atoms with Gasteiger partial charge >= 0.3 is 0 Å². The van der Waals surface area contributed by atoms with Crippen LogP contribution in [0.15, 0.2) is 11.1 Å². The molecule has 1 aromatic rings. The SMILES string of the molecule is Nc1c(OCC2(N)CCCCCC2)nc[nH]c1=O. The molecule has 0 unspecified atom stereocenters. The number of nitrogens with zero attached hydrogens (tertiary/aromatic N) is 1. The Balaban J connectivity index is 2.02. The summed E-state index contributed by atoms with van der Waals surface area (Å²) < 4.78 is 5.53. The Morgan fingerprint density at radius 2 is 2.00 bits per heavy atom. The maximum atomic E-state index is 11.3. The van der Waals surface area contributed by atoms with Crippen LogP contribution in [0.2, 0.25) is 0 Å². The molecule has 0 radical (unpaired) electrons. The van der Waals surface area contributed by atoms with E-state index < -0.39 is 0 Å². The summed E-state index contributed by atoms with van der Waals surface area (Å²) in [5.41, 5.74) is 11.2. The van der Waals surface area contributed by atoms with Crippen molar-refractivity contribution in [2.75, 3.05) is 12.3 Å². The second-order valence-electron chi connectivity index (χ2n) is 5.02. The minimum atomic E-state index is -0.382. The molecule has 0 amide bonds. The van der Waals surface area contributed by atoms with Crippen LogP contribution < -0.4 is 21.8 Å². The molecule has 5 N–H and O–H groups in total. The number of rotatable bonds is 3. The lowest BCUT2D eigenvalue weighted by Crippen LogP contribution is -2.45. The molecular formula is C12H20N4O2. The highest BCUT2D eigenvalue weighted by atomic mass is 16.5. The Morgan fingerprint density at radius 1 is 1.33 bits per heavy atom. The summed E-state index contributed by atoms with van der Waals surface area (Å²) in [5.74, 6) is 0.174. The van der Waals surface area contributed by atoms with E-state index in [-0.39, 0.29) is 22.7 Å². The average Bonchev–Trinajstić information content (AvgIpc) is 2.57. The van der Waals surface area contributed by atoms with Crippen molar-refractivity contribution in [3.05, 3.63) is 16.7 Å². The zero-order valence-corrected chi connectivity index (χ0v) is 10.4. The molecule has 6 heteroatoms. The molecule has 1 fully saturated rings. The molecule has 0 bridgehead atoms. The minimum absolute atomic E-state index is 0.00900. The van der Waals surface area contributed by atoms with Crippen molar-refractivity contribution in [1.29, 1.82) is 0 Å². The molecule has 6 nitrogen and oxygen atoms in total. The number of nitrogens with one attached hydrogen (secondary N) is 1. The second kappa shape index (κ2) is 5.39. The van der Waals surface area contributed by atoms with Crippen molar-refractivity contribution in [2.24, 2.45) is 5.73 Å². The fourth-order valence-electron chi connectivity index (χ4n) is 2.30. The van der Waals surface area contributed by atoms with Crippen molar-refractivity contribution >= 4 is 5.69 Å². The van der Waals surface area contributed by atoms with Crippen LogP contribution in [0, 0.1) is 0 Å². The number of hydrogen-bond donors (Lipinski definition) is 3. The smallest absolute Gasteiger partial charge is 0.277 e.